The van der Waals surface area contributed by atoms with Gasteiger partial charge in [0.15, 0.2) is 0 Å². The van der Waals surface area contributed by atoms with Crippen molar-refractivity contribution in [3.8, 4) is 0 Å². The highest BCUT2D eigenvalue weighted by Crippen LogP contribution is 2.30. The third kappa shape index (κ3) is 3.93. The number of aromatic nitrogens is 2. The number of carbonyl (C=O) groups excluding carboxylic acids is 1. The number of rotatable bonds is 4. The zero-order chi connectivity index (χ0) is 16.3. The predicted molar refractivity (Wildman–Crippen MR) is 89.3 cm³/mol. The average Bonchev–Trinajstić information content (AvgIpc) is 3.03. The van der Waals surface area contributed by atoms with E-state index in [9.17, 15) is 4.79 Å². The van der Waals surface area contributed by atoms with Crippen LogP contribution in [0, 0.1) is 0 Å². The van der Waals surface area contributed by atoms with Gasteiger partial charge in [-0.3, -0.25) is 15.0 Å². The summed E-state index contributed by atoms with van der Waals surface area (Å²) in [7, 11) is 0. The predicted octanol–water partition coefficient (Wildman–Crippen LogP) is 2.33. The number of carbonyl (C=O) groups is 1. The lowest BCUT2D eigenvalue weighted by atomic mass is 9.98. The second-order valence-corrected chi connectivity index (χ2v) is 7.03. The van der Waals surface area contributed by atoms with Crippen LogP contribution in [0.25, 0.3) is 0 Å². The molecule has 2 heterocycles. The monoisotopic (exact) mass is 332 g/mol. The highest BCUT2D eigenvalue weighted by Gasteiger charge is 2.36. The number of amides is 1. The molecular weight excluding hydrogens is 312 g/mol. The summed E-state index contributed by atoms with van der Waals surface area (Å²) in [5.74, 6) is -0.0801. The second-order valence-electron chi connectivity index (χ2n) is 6.20. The van der Waals surface area contributed by atoms with Crippen molar-refractivity contribution in [2.45, 2.75) is 25.5 Å². The first-order valence-electron chi connectivity index (χ1n) is 7.52. The van der Waals surface area contributed by atoms with Crippen LogP contribution in [-0.2, 0) is 9.53 Å². The Morgan fingerprint density at radius 3 is 2.91 bits per heavy atom. The molecule has 1 atom stereocenters. The number of anilines is 1. The van der Waals surface area contributed by atoms with Crippen molar-refractivity contribution in [3.63, 3.8) is 0 Å². The van der Waals surface area contributed by atoms with E-state index in [1.54, 1.807) is 5.51 Å². The Morgan fingerprint density at radius 2 is 2.22 bits per heavy atom. The first kappa shape index (κ1) is 16.0. The van der Waals surface area contributed by atoms with Gasteiger partial charge in [-0.2, -0.15) is 0 Å². The average molecular weight is 332 g/mol. The van der Waals surface area contributed by atoms with Crippen molar-refractivity contribution >= 4 is 22.4 Å². The maximum atomic E-state index is 12.3. The minimum Gasteiger partial charge on any atom is -0.370 e. The van der Waals surface area contributed by atoms with Crippen LogP contribution in [-0.4, -0.2) is 46.2 Å². The minimum absolute atomic E-state index is 0.0152. The van der Waals surface area contributed by atoms with E-state index < -0.39 is 0 Å². The van der Waals surface area contributed by atoms with Crippen LogP contribution in [0.3, 0.4) is 0 Å². The Bertz CT molecular complexity index is 645. The molecule has 7 heteroatoms. The molecule has 1 aromatic heterocycles. The quantitative estimate of drug-likeness (QED) is 0.931. The molecule has 1 N–H and O–H groups in total. The summed E-state index contributed by atoms with van der Waals surface area (Å²) in [4.78, 5) is 14.4. The van der Waals surface area contributed by atoms with Crippen molar-refractivity contribution < 1.29 is 9.53 Å². The summed E-state index contributed by atoms with van der Waals surface area (Å²) in [6.07, 6.45) is -0.0152. The van der Waals surface area contributed by atoms with Gasteiger partial charge in [0.25, 0.3) is 0 Å². The van der Waals surface area contributed by atoms with Gasteiger partial charge < -0.3 is 4.74 Å². The van der Waals surface area contributed by atoms with Crippen molar-refractivity contribution in [1.82, 2.24) is 15.1 Å². The summed E-state index contributed by atoms with van der Waals surface area (Å²) in [6.45, 7) is 5.75. The Hall–Kier alpha value is -1.83. The number of morpholine rings is 1. The number of ether oxygens (including phenoxy) is 1. The molecule has 0 bridgehead atoms. The standard InChI is InChI=1S/C16H20N4O2S/c1-16(2)10-22-13(12-6-4-3-5-7-12)8-20(16)9-14(21)18-15-19-17-11-23-15/h3-7,11,13H,8-10H2,1-2H3,(H,18,19,21)/t13-/m0/s1. The summed E-state index contributed by atoms with van der Waals surface area (Å²) < 4.78 is 6.00. The van der Waals surface area contributed by atoms with Crippen molar-refractivity contribution in [2.75, 3.05) is 25.0 Å². The van der Waals surface area contributed by atoms with Gasteiger partial charge in [0.2, 0.25) is 11.0 Å². The molecule has 0 spiro atoms. The zero-order valence-electron chi connectivity index (χ0n) is 13.2. The van der Waals surface area contributed by atoms with E-state index in [0.717, 1.165) is 5.56 Å². The molecule has 0 unspecified atom stereocenters. The van der Waals surface area contributed by atoms with Gasteiger partial charge >= 0.3 is 0 Å². The highest BCUT2D eigenvalue weighted by molar-refractivity contribution is 7.13. The van der Waals surface area contributed by atoms with Crippen LogP contribution in [0.1, 0.15) is 25.5 Å². The molecule has 0 radical (unpaired) electrons. The van der Waals surface area contributed by atoms with E-state index in [0.29, 0.717) is 24.8 Å². The third-order valence-electron chi connectivity index (χ3n) is 3.99. The number of hydrogen-bond acceptors (Lipinski definition) is 6. The van der Waals surface area contributed by atoms with E-state index in [1.807, 2.05) is 18.2 Å². The van der Waals surface area contributed by atoms with Crippen LogP contribution in [0.4, 0.5) is 5.13 Å². The van der Waals surface area contributed by atoms with E-state index in [4.69, 9.17) is 4.74 Å². The van der Waals surface area contributed by atoms with E-state index in [2.05, 4.69) is 46.4 Å². The number of nitrogens with one attached hydrogen (secondary N) is 1. The van der Waals surface area contributed by atoms with Gasteiger partial charge in [0, 0.05) is 12.1 Å². The molecule has 1 saturated heterocycles. The second kappa shape index (κ2) is 6.74. The molecule has 1 aliphatic rings. The van der Waals surface area contributed by atoms with E-state index in [1.165, 1.54) is 11.3 Å². The number of hydrogen-bond donors (Lipinski definition) is 1. The Morgan fingerprint density at radius 1 is 1.43 bits per heavy atom. The summed E-state index contributed by atoms with van der Waals surface area (Å²) in [5, 5.41) is 10.9. The topological polar surface area (TPSA) is 67.3 Å². The molecule has 3 rings (SSSR count). The van der Waals surface area contributed by atoms with Crippen LogP contribution < -0.4 is 5.32 Å². The fourth-order valence-corrected chi connectivity index (χ4v) is 3.06. The fourth-order valence-electron chi connectivity index (χ4n) is 2.60. The van der Waals surface area contributed by atoms with E-state index in [-0.39, 0.29) is 17.6 Å². The summed E-state index contributed by atoms with van der Waals surface area (Å²) in [6, 6.07) is 10.1. The Kier molecular flexibility index (Phi) is 4.70. The largest absolute Gasteiger partial charge is 0.370 e. The smallest absolute Gasteiger partial charge is 0.240 e. The molecule has 122 valence electrons. The molecule has 2 aromatic rings. The van der Waals surface area contributed by atoms with Crippen LogP contribution in [0.5, 0.6) is 0 Å². The lowest BCUT2D eigenvalue weighted by molar-refractivity contribution is -0.128. The van der Waals surface area contributed by atoms with Crippen LogP contribution in [0.2, 0.25) is 0 Å². The first-order valence-corrected chi connectivity index (χ1v) is 8.40. The molecular formula is C16H20N4O2S. The van der Waals surface area contributed by atoms with Crippen molar-refractivity contribution in [3.05, 3.63) is 41.4 Å². The van der Waals surface area contributed by atoms with Gasteiger partial charge in [0.1, 0.15) is 5.51 Å². The van der Waals surface area contributed by atoms with Crippen LogP contribution >= 0.6 is 11.3 Å². The lowest BCUT2D eigenvalue weighted by Gasteiger charge is -2.45. The lowest BCUT2D eigenvalue weighted by Crippen LogP contribution is -2.55. The molecule has 6 nitrogen and oxygen atoms in total. The first-order chi connectivity index (χ1) is 11.0. The fraction of sp³-hybridized carbons (Fsp3) is 0.438. The molecule has 1 aromatic carbocycles. The molecule has 1 amide bonds. The summed E-state index contributed by atoms with van der Waals surface area (Å²) in [5.41, 5.74) is 2.54. The Balaban J connectivity index is 1.66. The zero-order valence-corrected chi connectivity index (χ0v) is 14.0. The van der Waals surface area contributed by atoms with Gasteiger partial charge in [-0.05, 0) is 19.4 Å². The Labute approximate surface area is 139 Å². The maximum Gasteiger partial charge on any atom is 0.240 e. The van der Waals surface area contributed by atoms with Crippen molar-refractivity contribution in [1.29, 1.82) is 0 Å². The highest BCUT2D eigenvalue weighted by atomic mass is 32.1. The minimum atomic E-state index is -0.191. The van der Waals surface area contributed by atoms with Gasteiger partial charge in [-0.1, -0.05) is 41.7 Å². The SMILES string of the molecule is CC1(C)CO[C@H](c2ccccc2)CN1CC(=O)Nc1nncs1. The molecule has 0 aliphatic carbocycles. The normalized spacial score (nSPS) is 21.0. The van der Waals surface area contributed by atoms with Gasteiger partial charge in [0.05, 0.1) is 19.3 Å². The number of benzene rings is 1. The maximum absolute atomic E-state index is 12.3. The van der Waals surface area contributed by atoms with E-state index >= 15 is 0 Å². The molecule has 23 heavy (non-hydrogen) atoms. The molecule has 1 aliphatic heterocycles. The van der Waals surface area contributed by atoms with Gasteiger partial charge in [-0.25, -0.2) is 0 Å². The molecule has 0 saturated carbocycles. The van der Waals surface area contributed by atoms with Crippen LogP contribution in [0.15, 0.2) is 35.8 Å². The molecule has 1 fully saturated rings. The van der Waals surface area contributed by atoms with Gasteiger partial charge in [-0.15, -0.1) is 10.2 Å². The van der Waals surface area contributed by atoms with Crippen molar-refractivity contribution in [2.24, 2.45) is 0 Å². The summed E-state index contributed by atoms with van der Waals surface area (Å²) >= 11 is 1.31. The number of nitrogens with zero attached hydrogens (tertiary/aromatic N) is 3. The third-order valence-corrected chi connectivity index (χ3v) is 4.60.